The zero-order valence-corrected chi connectivity index (χ0v) is 22.9. The smallest absolute Gasteiger partial charge is 0.258 e. The molecule has 0 radical (unpaired) electrons. The van der Waals surface area contributed by atoms with Crippen molar-refractivity contribution in [3.63, 3.8) is 0 Å². The van der Waals surface area contributed by atoms with Crippen LogP contribution < -0.4 is 9.64 Å². The monoisotopic (exact) mass is 518 g/mol. The molecule has 6 heteroatoms. The third kappa shape index (κ3) is 3.97. The Morgan fingerprint density at radius 2 is 1.72 bits per heavy atom. The number of piperidine rings is 1. The van der Waals surface area contributed by atoms with Gasteiger partial charge in [0.15, 0.2) is 0 Å². The van der Waals surface area contributed by atoms with E-state index in [1.54, 1.807) is 0 Å². The first-order valence-corrected chi connectivity index (χ1v) is 13.9. The van der Waals surface area contributed by atoms with E-state index in [0.717, 1.165) is 72.8 Å². The van der Waals surface area contributed by atoms with Gasteiger partial charge in [-0.05, 0) is 98.9 Å². The lowest BCUT2D eigenvalue weighted by Gasteiger charge is -2.37. The molecule has 1 saturated heterocycles. The van der Waals surface area contributed by atoms with Gasteiger partial charge in [0.1, 0.15) is 5.75 Å². The van der Waals surface area contributed by atoms with Gasteiger partial charge in [-0.15, -0.1) is 0 Å². The molecular formula is C33H34N4O2. The molecule has 4 aromatic rings. The number of likely N-dealkylation sites (tertiary alicyclic amines) is 1. The molecule has 1 fully saturated rings. The Kier molecular flexibility index (Phi) is 5.63. The molecule has 7 rings (SSSR count). The van der Waals surface area contributed by atoms with Crippen LogP contribution in [-0.2, 0) is 18.9 Å². The van der Waals surface area contributed by atoms with Gasteiger partial charge < -0.3 is 19.1 Å². The van der Waals surface area contributed by atoms with Gasteiger partial charge in [-0.2, -0.15) is 0 Å². The Balaban J connectivity index is 1.14. The molecule has 0 saturated carbocycles. The molecule has 4 heterocycles. The quantitative estimate of drug-likeness (QED) is 0.353. The minimum absolute atomic E-state index is 0.0693. The molecule has 0 N–H and O–H groups in total. The average Bonchev–Trinajstić information content (AvgIpc) is 3.66. The van der Waals surface area contributed by atoms with Crippen molar-refractivity contribution in [3.05, 3.63) is 89.4 Å². The Morgan fingerprint density at radius 1 is 0.949 bits per heavy atom. The first-order valence-electron chi connectivity index (χ1n) is 13.9. The third-order valence-electron chi connectivity index (χ3n) is 9.12. The first kappa shape index (κ1) is 24.2. The van der Waals surface area contributed by atoms with Crippen LogP contribution in [0.1, 0.15) is 39.9 Å². The van der Waals surface area contributed by atoms with E-state index in [9.17, 15) is 4.79 Å². The van der Waals surface area contributed by atoms with E-state index < -0.39 is 0 Å². The summed E-state index contributed by atoms with van der Waals surface area (Å²) in [7, 11) is 4.20. The number of hydrogen-bond acceptors (Lipinski definition) is 4. The highest BCUT2D eigenvalue weighted by Gasteiger charge is 2.44. The summed E-state index contributed by atoms with van der Waals surface area (Å²) in [5, 5.41) is 0. The van der Waals surface area contributed by atoms with E-state index in [-0.39, 0.29) is 11.3 Å². The van der Waals surface area contributed by atoms with Crippen molar-refractivity contribution in [1.82, 2.24) is 14.5 Å². The number of nitrogens with zero attached hydrogens (tertiary/aromatic N) is 4. The van der Waals surface area contributed by atoms with Gasteiger partial charge in [0, 0.05) is 41.4 Å². The lowest BCUT2D eigenvalue weighted by molar-refractivity contribution is 0.0989. The van der Waals surface area contributed by atoms with Crippen molar-refractivity contribution in [2.45, 2.75) is 31.6 Å². The Bertz CT molecular complexity index is 1580. The predicted molar refractivity (Wildman–Crippen MR) is 155 cm³/mol. The predicted octanol–water partition coefficient (Wildman–Crippen LogP) is 5.62. The second kappa shape index (κ2) is 9.09. The number of anilines is 1. The maximum absolute atomic E-state index is 13.7. The summed E-state index contributed by atoms with van der Waals surface area (Å²) in [4.78, 5) is 22.3. The highest BCUT2D eigenvalue weighted by atomic mass is 16.5. The third-order valence-corrected chi connectivity index (χ3v) is 9.12. The summed E-state index contributed by atoms with van der Waals surface area (Å²) >= 11 is 0. The molecule has 39 heavy (non-hydrogen) atoms. The molecule has 3 aromatic carbocycles. The summed E-state index contributed by atoms with van der Waals surface area (Å²) in [5.74, 6) is 1.10. The van der Waals surface area contributed by atoms with Crippen LogP contribution in [0.2, 0.25) is 0 Å². The van der Waals surface area contributed by atoms with Gasteiger partial charge in [-0.3, -0.25) is 4.79 Å². The van der Waals surface area contributed by atoms with Crippen LogP contribution >= 0.6 is 0 Å². The molecule has 198 valence electrons. The topological polar surface area (TPSA) is 50.6 Å². The van der Waals surface area contributed by atoms with Gasteiger partial charge in [0.05, 0.1) is 24.8 Å². The normalized spacial score (nSPS) is 17.8. The molecule has 0 unspecified atom stereocenters. The molecule has 1 amide bonds. The fourth-order valence-electron chi connectivity index (χ4n) is 6.64. The lowest BCUT2D eigenvalue weighted by atomic mass is 9.74. The van der Waals surface area contributed by atoms with Crippen LogP contribution in [0.25, 0.3) is 22.4 Å². The summed E-state index contributed by atoms with van der Waals surface area (Å²) in [5.41, 5.74) is 10.1. The largest absolute Gasteiger partial charge is 0.492 e. The maximum atomic E-state index is 13.7. The number of fused-ring (bicyclic) bond motifs is 3. The number of rotatable bonds is 3. The van der Waals surface area contributed by atoms with E-state index in [2.05, 4.69) is 66.3 Å². The number of hydrogen-bond donors (Lipinski definition) is 0. The maximum Gasteiger partial charge on any atom is 0.258 e. The van der Waals surface area contributed by atoms with Crippen molar-refractivity contribution < 1.29 is 9.53 Å². The number of carbonyl (C=O) groups excluding carboxylic acids is 1. The van der Waals surface area contributed by atoms with Crippen LogP contribution in [0.5, 0.6) is 5.75 Å². The van der Waals surface area contributed by atoms with Crippen LogP contribution in [0.3, 0.4) is 0 Å². The van der Waals surface area contributed by atoms with Crippen LogP contribution in [0.4, 0.5) is 5.69 Å². The number of benzene rings is 3. The molecule has 0 aliphatic carbocycles. The van der Waals surface area contributed by atoms with Crippen molar-refractivity contribution in [2.75, 3.05) is 38.2 Å². The number of carbonyl (C=O) groups is 1. The zero-order valence-electron chi connectivity index (χ0n) is 22.9. The van der Waals surface area contributed by atoms with E-state index in [4.69, 9.17) is 4.74 Å². The van der Waals surface area contributed by atoms with E-state index >= 15 is 0 Å². The molecule has 1 spiro atoms. The van der Waals surface area contributed by atoms with Crippen molar-refractivity contribution in [3.8, 4) is 28.1 Å². The number of amides is 1. The zero-order chi connectivity index (χ0) is 26.7. The fourth-order valence-corrected chi connectivity index (χ4v) is 6.64. The van der Waals surface area contributed by atoms with Crippen LogP contribution in [0.15, 0.2) is 67.1 Å². The van der Waals surface area contributed by atoms with Gasteiger partial charge in [-0.1, -0.05) is 24.3 Å². The Hall–Kier alpha value is -3.90. The van der Waals surface area contributed by atoms with Crippen LogP contribution in [0, 0.1) is 6.92 Å². The van der Waals surface area contributed by atoms with E-state index in [1.807, 2.05) is 41.2 Å². The van der Waals surface area contributed by atoms with E-state index in [0.29, 0.717) is 6.54 Å². The summed E-state index contributed by atoms with van der Waals surface area (Å²) in [6, 6.07) is 19.1. The minimum Gasteiger partial charge on any atom is -0.492 e. The number of aromatic nitrogens is 2. The molecule has 0 bridgehead atoms. The number of imidazole rings is 1. The SMILES string of the molecule is Cc1cc(-c2cncn2C)ccc1-c1ccc(C(=O)N2CCc3cc4c(cc32)C2(CCN(C)CC2)CO4)cc1. The van der Waals surface area contributed by atoms with Gasteiger partial charge in [0.2, 0.25) is 0 Å². The van der Waals surface area contributed by atoms with Crippen molar-refractivity contribution in [2.24, 2.45) is 7.05 Å². The molecule has 6 nitrogen and oxygen atoms in total. The fraction of sp³-hybridized carbons (Fsp3) is 0.333. The van der Waals surface area contributed by atoms with Crippen molar-refractivity contribution in [1.29, 1.82) is 0 Å². The summed E-state index contributed by atoms with van der Waals surface area (Å²) in [6.45, 7) is 5.77. The standard InChI is InChI=1S/C33H34N4O2/c1-22-16-25(30-19-34-21-36(30)3)8-9-27(22)23-4-6-24(7-5-23)32(38)37-13-10-26-17-31-28(18-29(26)37)33(20-39-31)11-14-35(2)15-12-33/h4-9,16-19,21H,10-15,20H2,1-3H3. The Labute approximate surface area is 229 Å². The molecule has 0 atom stereocenters. The number of ether oxygens (including phenoxy) is 1. The molecule has 3 aliphatic heterocycles. The molecule has 3 aliphatic rings. The first-order chi connectivity index (χ1) is 18.9. The highest BCUT2D eigenvalue weighted by Crippen LogP contribution is 2.49. The Morgan fingerprint density at radius 3 is 2.44 bits per heavy atom. The van der Waals surface area contributed by atoms with E-state index in [1.165, 1.54) is 22.3 Å². The second-order valence-electron chi connectivity index (χ2n) is 11.6. The summed E-state index contributed by atoms with van der Waals surface area (Å²) in [6.07, 6.45) is 6.79. The van der Waals surface area contributed by atoms with Crippen LogP contribution in [-0.4, -0.2) is 53.6 Å². The second-order valence-corrected chi connectivity index (χ2v) is 11.6. The highest BCUT2D eigenvalue weighted by molar-refractivity contribution is 6.07. The van der Waals surface area contributed by atoms with Crippen molar-refractivity contribution >= 4 is 11.6 Å². The molecule has 1 aromatic heterocycles. The average molecular weight is 519 g/mol. The minimum atomic E-state index is 0.0693. The summed E-state index contributed by atoms with van der Waals surface area (Å²) < 4.78 is 8.23. The van der Waals surface area contributed by atoms with Gasteiger partial charge in [0.25, 0.3) is 5.91 Å². The lowest BCUT2D eigenvalue weighted by Crippen LogP contribution is -2.42. The number of aryl methyl sites for hydroxylation is 2. The van der Waals surface area contributed by atoms with Gasteiger partial charge in [-0.25, -0.2) is 4.98 Å². The molecular weight excluding hydrogens is 484 g/mol. The van der Waals surface area contributed by atoms with Gasteiger partial charge >= 0.3 is 0 Å².